The molecule has 1 aliphatic rings. The number of nitrogens with one attached hydrogen (secondary N) is 1. The first kappa shape index (κ1) is 14.1. The number of pyridine rings is 1. The molecule has 0 spiro atoms. The average molecular weight is 282 g/mol. The average Bonchev–Trinajstić information content (AvgIpc) is 2.45. The van der Waals surface area contributed by atoms with Crippen molar-refractivity contribution >= 4 is 0 Å². The number of aromatic nitrogens is 3. The lowest BCUT2D eigenvalue weighted by atomic mass is 9.74. The van der Waals surface area contributed by atoms with Gasteiger partial charge in [-0.05, 0) is 43.9 Å². The van der Waals surface area contributed by atoms with Crippen molar-refractivity contribution in [1.29, 1.82) is 0 Å². The second-order valence-electron chi connectivity index (χ2n) is 6.67. The molecule has 0 amide bonds. The maximum Gasteiger partial charge on any atom is 0.159 e. The van der Waals surface area contributed by atoms with E-state index in [9.17, 15) is 0 Å². The molecule has 0 aromatic carbocycles. The van der Waals surface area contributed by atoms with Gasteiger partial charge in [0.25, 0.3) is 0 Å². The van der Waals surface area contributed by atoms with Gasteiger partial charge in [0.1, 0.15) is 0 Å². The number of hydrogen-bond donors (Lipinski definition) is 1. The Morgan fingerprint density at radius 3 is 2.81 bits per heavy atom. The first-order valence-electron chi connectivity index (χ1n) is 7.44. The third kappa shape index (κ3) is 2.68. The Bertz CT molecular complexity index is 664. The molecule has 0 aliphatic heterocycles. The third-order valence-electron chi connectivity index (χ3n) is 4.29. The van der Waals surface area contributed by atoms with Crippen LogP contribution in [-0.2, 0) is 6.42 Å². The molecule has 110 valence electrons. The fraction of sp³-hybridized carbons (Fsp3) is 0.471. The summed E-state index contributed by atoms with van der Waals surface area (Å²) < 4.78 is 0. The molecule has 0 saturated heterocycles. The third-order valence-corrected chi connectivity index (χ3v) is 4.29. The van der Waals surface area contributed by atoms with Crippen LogP contribution in [0.5, 0.6) is 0 Å². The molecule has 4 nitrogen and oxygen atoms in total. The maximum atomic E-state index is 4.86. The van der Waals surface area contributed by atoms with Gasteiger partial charge in [0.15, 0.2) is 5.82 Å². The second kappa shape index (κ2) is 5.19. The van der Waals surface area contributed by atoms with Gasteiger partial charge in [-0.15, -0.1) is 0 Å². The molecular weight excluding hydrogens is 260 g/mol. The zero-order valence-electron chi connectivity index (χ0n) is 13.1. The summed E-state index contributed by atoms with van der Waals surface area (Å²) in [5, 5.41) is 3.40. The molecule has 1 atom stereocenters. The second-order valence-corrected chi connectivity index (χ2v) is 6.67. The predicted molar refractivity (Wildman–Crippen MR) is 83.9 cm³/mol. The van der Waals surface area contributed by atoms with Crippen LogP contribution in [0.3, 0.4) is 0 Å². The maximum absolute atomic E-state index is 4.86. The monoisotopic (exact) mass is 282 g/mol. The molecule has 1 unspecified atom stereocenters. The van der Waals surface area contributed by atoms with Crippen molar-refractivity contribution in [2.45, 2.75) is 39.7 Å². The van der Waals surface area contributed by atoms with E-state index in [1.54, 1.807) is 6.20 Å². The Morgan fingerprint density at radius 1 is 1.29 bits per heavy atom. The van der Waals surface area contributed by atoms with Crippen molar-refractivity contribution in [3.05, 3.63) is 41.5 Å². The van der Waals surface area contributed by atoms with E-state index in [0.717, 1.165) is 29.8 Å². The van der Waals surface area contributed by atoms with Gasteiger partial charge in [0, 0.05) is 41.5 Å². The lowest BCUT2D eigenvalue weighted by molar-refractivity contribution is 0.260. The number of hydrogen-bond acceptors (Lipinski definition) is 4. The van der Waals surface area contributed by atoms with Crippen molar-refractivity contribution < 1.29 is 0 Å². The largest absolute Gasteiger partial charge is 0.313 e. The van der Waals surface area contributed by atoms with E-state index in [-0.39, 0.29) is 5.41 Å². The summed E-state index contributed by atoms with van der Waals surface area (Å²) in [7, 11) is 2.01. The van der Waals surface area contributed by atoms with E-state index in [0.29, 0.717) is 6.04 Å². The van der Waals surface area contributed by atoms with E-state index in [1.165, 1.54) is 11.3 Å². The Labute approximate surface area is 126 Å². The minimum absolute atomic E-state index is 0.263. The predicted octanol–water partition coefficient (Wildman–Crippen LogP) is 3.08. The Kier molecular flexibility index (Phi) is 3.49. The lowest BCUT2D eigenvalue weighted by Crippen LogP contribution is -2.32. The number of nitrogens with zero attached hydrogens (tertiary/aromatic N) is 3. The first-order chi connectivity index (χ1) is 10.00. The van der Waals surface area contributed by atoms with Crippen molar-refractivity contribution in [3.63, 3.8) is 0 Å². The highest BCUT2D eigenvalue weighted by atomic mass is 14.9. The van der Waals surface area contributed by atoms with Crippen LogP contribution >= 0.6 is 0 Å². The number of fused-ring (bicyclic) bond motifs is 1. The Hall–Kier alpha value is -1.81. The quantitative estimate of drug-likeness (QED) is 0.919. The van der Waals surface area contributed by atoms with Gasteiger partial charge >= 0.3 is 0 Å². The number of rotatable bonds is 2. The standard InChI is InChI=1S/C17H22N4/c1-11-9-19-6-5-12(11)16-20-10-13-14(18-4)7-17(2,3)8-15(13)21-16/h5-6,9-10,14,18H,7-8H2,1-4H3. The van der Waals surface area contributed by atoms with Gasteiger partial charge < -0.3 is 5.32 Å². The topological polar surface area (TPSA) is 50.7 Å². The van der Waals surface area contributed by atoms with Crippen LogP contribution in [0.2, 0.25) is 0 Å². The smallest absolute Gasteiger partial charge is 0.159 e. The van der Waals surface area contributed by atoms with Crippen molar-refractivity contribution in [2.75, 3.05) is 7.05 Å². The molecule has 0 bridgehead atoms. The molecule has 4 heteroatoms. The van der Waals surface area contributed by atoms with E-state index in [2.05, 4.69) is 29.1 Å². The van der Waals surface area contributed by atoms with Crippen LogP contribution in [0.15, 0.2) is 24.7 Å². The molecule has 3 rings (SSSR count). The van der Waals surface area contributed by atoms with Crippen molar-refractivity contribution in [2.24, 2.45) is 5.41 Å². The number of aryl methyl sites for hydroxylation is 1. The van der Waals surface area contributed by atoms with Gasteiger partial charge in [-0.1, -0.05) is 13.8 Å². The van der Waals surface area contributed by atoms with Gasteiger partial charge in [0.05, 0.1) is 0 Å². The molecule has 1 N–H and O–H groups in total. The molecule has 0 fully saturated rings. The molecule has 0 radical (unpaired) electrons. The summed E-state index contributed by atoms with van der Waals surface area (Å²) in [5.74, 6) is 0.807. The van der Waals surface area contributed by atoms with Gasteiger partial charge in [-0.25, -0.2) is 9.97 Å². The van der Waals surface area contributed by atoms with Crippen LogP contribution in [0.25, 0.3) is 11.4 Å². The summed E-state index contributed by atoms with van der Waals surface area (Å²) >= 11 is 0. The van der Waals surface area contributed by atoms with Gasteiger partial charge in [-0.3, -0.25) is 4.98 Å². The normalized spacial score (nSPS) is 20.1. The Morgan fingerprint density at radius 2 is 2.10 bits per heavy atom. The lowest BCUT2D eigenvalue weighted by Gasteiger charge is -2.36. The fourth-order valence-corrected chi connectivity index (χ4v) is 3.16. The van der Waals surface area contributed by atoms with Crippen LogP contribution in [0.1, 0.15) is 43.1 Å². The minimum atomic E-state index is 0.263. The minimum Gasteiger partial charge on any atom is -0.313 e. The van der Waals surface area contributed by atoms with Gasteiger partial charge in [-0.2, -0.15) is 0 Å². The van der Waals surface area contributed by atoms with Crippen LogP contribution < -0.4 is 5.32 Å². The molecular formula is C17H22N4. The van der Waals surface area contributed by atoms with Crippen molar-refractivity contribution in [3.8, 4) is 11.4 Å². The summed E-state index contributed by atoms with van der Waals surface area (Å²) in [6.07, 6.45) is 7.77. The van der Waals surface area contributed by atoms with E-state index in [4.69, 9.17) is 4.98 Å². The van der Waals surface area contributed by atoms with Gasteiger partial charge in [0.2, 0.25) is 0 Å². The fourth-order valence-electron chi connectivity index (χ4n) is 3.16. The molecule has 2 heterocycles. The highest BCUT2D eigenvalue weighted by Gasteiger charge is 2.32. The molecule has 0 saturated carbocycles. The molecule has 21 heavy (non-hydrogen) atoms. The van der Waals surface area contributed by atoms with E-state index < -0.39 is 0 Å². The van der Waals surface area contributed by atoms with Crippen LogP contribution in [-0.4, -0.2) is 22.0 Å². The zero-order valence-corrected chi connectivity index (χ0v) is 13.1. The molecule has 2 aromatic rings. The summed E-state index contributed by atoms with van der Waals surface area (Å²) in [5.41, 5.74) is 4.86. The summed E-state index contributed by atoms with van der Waals surface area (Å²) in [6.45, 7) is 6.66. The summed E-state index contributed by atoms with van der Waals surface area (Å²) in [4.78, 5) is 13.6. The SMILES string of the molecule is CNC1CC(C)(C)Cc2nc(-c3ccncc3C)ncc21. The highest BCUT2D eigenvalue weighted by Crippen LogP contribution is 2.40. The molecule has 1 aliphatic carbocycles. The zero-order chi connectivity index (χ0) is 15.0. The molecule has 2 aromatic heterocycles. The van der Waals surface area contributed by atoms with Crippen LogP contribution in [0, 0.1) is 12.3 Å². The summed E-state index contributed by atoms with van der Waals surface area (Å²) in [6, 6.07) is 2.33. The first-order valence-corrected chi connectivity index (χ1v) is 7.44. The Balaban J connectivity index is 2.07. The van der Waals surface area contributed by atoms with Crippen LogP contribution in [0.4, 0.5) is 0 Å². The van der Waals surface area contributed by atoms with E-state index >= 15 is 0 Å². The van der Waals surface area contributed by atoms with E-state index in [1.807, 2.05) is 32.4 Å². The van der Waals surface area contributed by atoms with Crippen molar-refractivity contribution in [1.82, 2.24) is 20.3 Å². The highest BCUT2D eigenvalue weighted by molar-refractivity contribution is 5.59.